The molecule has 3 aliphatic rings. The molecule has 1 N–H and O–H groups in total. The fraction of sp³-hybridized carbons (Fsp3) is 0.938. The van der Waals surface area contributed by atoms with Gasteiger partial charge in [0, 0.05) is 19.4 Å². The zero-order valence-electron chi connectivity index (χ0n) is 13.3. The van der Waals surface area contributed by atoms with Gasteiger partial charge in [-0.25, -0.2) is 0 Å². The van der Waals surface area contributed by atoms with Gasteiger partial charge < -0.3 is 19.3 Å². The summed E-state index contributed by atoms with van der Waals surface area (Å²) >= 11 is 0. The predicted molar refractivity (Wildman–Crippen MR) is 75.7 cm³/mol. The van der Waals surface area contributed by atoms with E-state index < -0.39 is 23.6 Å². The second-order valence-electron chi connectivity index (χ2n) is 7.22. The Kier molecular flexibility index (Phi) is 3.68. The van der Waals surface area contributed by atoms with E-state index in [0.29, 0.717) is 12.8 Å². The fourth-order valence-electron chi connectivity index (χ4n) is 4.35. The SMILES string of the molecule is CO[C@@H](C)[C@]1(O)C[C@@H]2C(=O)CCC[C@H]2[C@H]2OC(C)(C)O[C@H]21. The average Bonchev–Trinajstić information content (AvgIpc) is 2.76. The molecule has 1 saturated heterocycles. The van der Waals surface area contributed by atoms with Gasteiger partial charge in [-0.2, -0.15) is 0 Å². The lowest BCUT2D eigenvalue weighted by Gasteiger charge is -2.50. The van der Waals surface area contributed by atoms with Crippen molar-refractivity contribution in [1.29, 1.82) is 0 Å². The maximum atomic E-state index is 12.3. The van der Waals surface area contributed by atoms with Crippen molar-refractivity contribution < 1.29 is 24.1 Å². The molecule has 1 heterocycles. The van der Waals surface area contributed by atoms with Gasteiger partial charge in [0.15, 0.2) is 5.79 Å². The second kappa shape index (κ2) is 5.01. The first-order chi connectivity index (χ1) is 9.78. The Labute approximate surface area is 125 Å². The van der Waals surface area contributed by atoms with Crippen LogP contribution < -0.4 is 0 Å². The number of hydrogen-bond acceptors (Lipinski definition) is 5. The maximum Gasteiger partial charge on any atom is 0.163 e. The summed E-state index contributed by atoms with van der Waals surface area (Å²) in [6, 6.07) is 0. The summed E-state index contributed by atoms with van der Waals surface area (Å²) in [7, 11) is 1.58. The summed E-state index contributed by atoms with van der Waals surface area (Å²) in [6.45, 7) is 5.56. The van der Waals surface area contributed by atoms with E-state index in [1.807, 2.05) is 20.8 Å². The molecule has 1 aliphatic heterocycles. The first-order valence-electron chi connectivity index (χ1n) is 7.92. The van der Waals surface area contributed by atoms with Crippen molar-refractivity contribution in [2.45, 2.75) is 76.2 Å². The molecule has 6 atom stereocenters. The number of methoxy groups -OCH3 is 1. The highest BCUT2D eigenvalue weighted by Gasteiger charge is 2.63. The molecule has 0 aromatic heterocycles. The van der Waals surface area contributed by atoms with E-state index in [4.69, 9.17) is 14.2 Å². The Morgan fingerprint density at radius 1 is 1.38 bits per heavy atom. The number of Topliss-reactive ketones (excluding diaryl/α,β-unsaturated/α-hetero) is 1. The number of hydrogen-bond donors (Lipinski definition) is 1. The summed E-state index contributed by atoms with van der Waals surface area (Å²) in [5.41, 5.74) is -1.18. The van der Waals surface area contributed by atoms with Crippen LogP contribution in [0.4, 0.5) is 0 Å². The molecule has 0 amide bonds. The molecule has 0 aromatic carbocycles. The standard InChI is InChI=1S/C16H26O5/c1-9(19-4)16(18)8-11-10(6-5-7-12(11)17)13-14(16)21-15(2,3)20-13/h9-11,13-14,18H,5-8H2,1-4H3/t9-,10+,11-,13+,14+,16+/m0/s1. The van der Waals surface area contributed by atoms with Gasteiger partial charge in [-0.1, -0.05) is 0 Å². The number of ether oxygens (including phenoxy) is 3. The minimum Gasteiger partial charge on any atom is -0.384 e. The fourth-order valence-corrected chi connectivity index (χ4v) is 4.35. The Hall–Kier alpha value is -0.490. The third-order valence-corrected chi connectivity index (χ3v) is 5.54. The largest absolute Gasteiger partial charge is 0.384 e. The third-order valence-electron chi connectivity index (χ3n) is 5.54. The van der Waals surface area contributed by atoms with Gasteiger partial charge in [0.1, 0.15) is 17.5 Å². The molecule has 5 heteroatoms. The van der Waals surface area contributed by atoms with E-state index in [1.165, 1.54) is 0 Å². The van der Waals surface area contributed by atoms with Crippen LogP contribution in [0.1, 0.15) is 46.5 Å². The highest BCUT2D eigenvalue weighted by molar-refractivity contribution is 5.82. The molecule has 5 nitrogen and oxygen atoms in total. The molecule has 3 fully saturated rings. The van der Waals surface area contributed by atoms with Crippen molar-refractivity contribution in [3.8, 4) is 0 Å². The van der Waals surface area contributed by atoms with Crippen LogP contribution in [-0.4, -0.2) is 47.7 Å². The molecule has 2 aliphatic carbocycles. The predicted octanol–water partition coefficient (Wildman–Crippen LogP) is 1.66. The summed E-state index contributed by atoms with van der Waals surface area (Å²) in [6.07, 6.45) is 1.82. The van der Waals surface area contributed by atoms with Gasteiger partial charge in [0.25, 0.3) is 0 Å². The van der Waals surface area contributed by atoms with Crippen molar-refractivity contribution in [3.63, 3.8) is 0 Å². The van der Waals surface area contributed by atoms with E-state index in [2.05, 4.69) is 0 Å². The molecular formula is C16H26O5. The smallest absolute Gasteiger partial charge is 0.163 e. The number of carbonyl (C=O) groups is 1. The topological polar surface area (TPSA) is 65.0 Å². The minimum atomic E-state index is -1.18. The van der Waals surface area contributed by atoms with Crippen molar-refractivity contribution in [1.82, 2.24) is 0 Å². The molecule has 0 radical (unpaired) electrons. The Balaban J connectivity index is 1.98. The van der Waals surface area contributed by atoms with Crippen molar-refractivity contribution in [2.24, 2.45) is 11.8 Å². The van der Waals surface area contributed by atoms with Gasteiger partial charge in [-0.05, 0) is 46.0 Å². The number of rotatable bonds is 2. The Morgan fingerprint density at radius 3 is 2.76 bits per heavy atom. The number of aliphatic hydroxyl groups is 1. The first-order valence-corrected chi connectivity index (χ1v) is 7.92. The molecule has 0 aromatic rings. The average molecular weight is 298 g/mol. The molecule has 120 valence electrons. The van der Waals surface area contributed by atoms with E-state index in [-0.39, 0.29) is 23.7 Å². The zero-order valence-corrected chi connectivity index (χ0v) is 13.3. The normalized spacial score (nSPS) is 46.8. The van der Waals surface area contributed by atoms with E-state index >= 15 is 0 Å². The van der Waals surface area contributed by atoms with E-state index in [9.17, 15) is 9.90 Å². The molecule has 2 saturated carbocycles. The number of ketones is 1. The van der Waals surface area contributed by atoms with Crippen LogP contribution in [0.5, 0.6) is 0 Å². The first kappa shape index (κ1) is 15.4. The Morgan fingerprint density at radius 2 is 2.10 bits per heavy atom. The lowest BCUT2D eigenvalue weighted by molar-refractivity contribution is -0.209. The summed E-state index contributed by atoms with van der Waals surface area (Å²) in [5.74, 6) is -0.464. The Bertz CT molecular complexity index is 434. The van der Waals surface area contributed by atoms with Gasteiger partial charge in [-0.3, -0.25) is 4.79 Å². The zero-order chi connectivity index (χ0) is 15.4. The highest BCUT2D eigenvalue weighted by Crippen LogP contribution is 2.51. The number of carbonyl (C=O) groups excluding carboxylic acids is 1. The van der Waals surface area contributed by atoms with Crippen LogP contribution >= 0.6 is 0 Å². The van der Waals surface area contributed by atoms with Gasteiger partial charge in [0.2, 0.25) is 0 Å². The molecule has 3 rings (SSSR count). The van der Waals surface area contributed by atoms with Gasteiger partial charge in [0.05, 0.1) is 12.2 Å². The van der Waals surface area contributed by atoms with E-state index in [0.717, 1.165) is 12.8 Å². The second-order valence-corrected chi connectivity index (χ2v) is 7.22. The molecular weight excluding hydrogens is 272 g/mol. The lowest BCUT2D eigenvalue weighted by Crippen LogP contribution is -2.64. The highest BCUT2D eigenvalue weighted by atomic mass is 16.8. The van der Waals surface area contributed by atoms with Gasteiger partial charge in [-0.15, -0.1) is 0 Å². The summed E-state index contributed by atoms with van der Waals surface area (Å²) < 4.78 is 17.5. The van der Waals surface area contributed by atoms with Crippen LogP contribution in [0.3, 0.4) is 0 Å². The third kappa shape index (κ3) is 2.34. The molecule has 0 unspecified atom stereocenters. The van der Waals surface area contributed by atoms with Crippen LogP contribution in [0, 0.1) is 11.8 Å². The maximum absolute atomic E-state index is 12.3. The van der Waals surface area contributed by atoms with Crippen LogP contribution in [-0.2, 0) is 19.0 Å². The monoisotopic (exact) mass is 298 g/mol. The lowest BCUT2D eigenvalue weighted by atomic mass is 9.61. The van der Waals surface area contributed by atoms with Crippen molar-refractivity contribution >= 4 is 5.78 Å². The van der Waals surface area contributed by atoms with Crippen LogP contribution in [0.2, 0.25) is 0 Å². The number of fused-ring (bicyclic) bond motifs is 3. The quantitative estimate of drug-likeness (QED) is 0.840. The van der Waals surface area contributed by atoms with Crippen molar-refractivity contribution in [3.05, 3.63) is 0 Å². The van der Waals surface area contributed by atoms with Crippen molar-refractivity contribution in [2.75, 3.05) is 7.11 Å². The molecule has 0 spiro atoms. The van der Waals surface area contributed by atoms with Crippen LogP contribution in [0.25, 0.3) is 0 Å². The summed E-state index contributed by atoms with van der Waals surface area (Å²) in [5, 5.41) is 11.2. The summed E-state index contributed by atoms with van der Waals surface area (Å²) in [4.78, 5) is 12.3. The van der Waals surface area contributed by atoms with Crippen LogP contribution in [0.15, 0.2) is 0 Å². The van der Waals surface area contributed by atoms with Gasteiger partial charge >= 0.3 is 0 Å². The molecule has 0 bridgehead atoms. The minimum absolute atomic E-state index is 0.139. The molecule has 21 heavy (non-hydrogen) atoms. The van der Waals surface area contributed by atoms with E-state index in [1.54, 1.807) is 7.11 Å².